The Hall–Kier alpha value is -0.930. The molecule has 0 atom stereocenters. The van der Waals surface area contributed by atoms with E-state index in [0.717, 1.165) is 11.0 Å². The fourth-order valence-electron chi connectivity index (χ4n) is 1.80. The van der Waals surface area contributed by atoms with Crippen molar-refractivity contribution in [1.82, 2.24) is 9.55 Å². The van der Waals surface area contributed by atoms with E-state index in [9.17, 15) is 0 Å². The number of nitrogens with zero attached hydrogens (tertiary/aromatic N) is 2. The van der Waals surface area contributed by atoms with E-state index in [-0.39, 0.29) is 5.54 Å². The standard InChI is InChI=1S/C11H13Cl2N3/c1-11(2,3)16-9-5-7(13)6(12)4-8(9)15-10(16)14/h4-5H,1-3H3,(H2,14,15). The maximum atomic E-state index is 6.01. The van der Waals surface area contributed by atoms with Gasteiger partial charge in [-0.15, -0.1) is 0 Å². The number of benzene rings is 1. The van der Waals surface area contributed by atoms with Gasteiger partial charge in [-0.2, -0.15) is 0 Å². The number of halogens is 2. The molecule has 2 N–H and O–H groups in total. The van der Waals surface area contributed by atoms with Crippen molar-refractivity contribution in [2.75, 3.05) is 5.73 Å². The number of fused-ring (bicyclic) bond motifs is 1. The topological polar surface area (TPSA) is 43.8 Å². The highest BCUT2D eigenvalue weighted by Crippen LogP contribution is 2.32. The average molecular weight is 258 g/mol. The summed E-state index contributed by atoms with van der Waals surface area (Å²) in [6.45, 7) is 6.19. The molecule has 0 unspecified atom stereocenters. The normalized spacial score (nSPS) is 12.3. The van der Waals surface area contributed by atoms with E-state index < -0.39 is 0 Å². The maximum Gasteiger partial charge on any atom is 0.201 e. The second-order valence-electron chi connectivity index (χ2n) is 4.73. The van der Waals surface area contributed by atoms with Crippen LogP contribution >= 0.6 is 23.2 Å². The summed E-state index contributed by atoms with van der Waals surface area (Å²) in [4.78, 5) is 4.28. The Morgan fingerprint density at radius 3 is 2.31 bits per heavy atom. The van der Waals surface area contributed by atoms with Gasteiger partial charge in [0.15, 0.2) is 0 Å². The van der Waals surface area contributed by atoms with Crippen molar-refractivity contribution in [2.24, 2.45) is 0 Å². The van der Waals surface area contributed by atoms with Crippen LogP contribution in [0.4, 0.5) is 5.95 Å². The molecule has 1 aromatic heterocycles. The highest BCUT2D eigenvalue weighted by molar-refractivity contribution is 6.42. The molecule has 0 saturated heterocycles. The van der Waals surface area contributed by atoms with Crippen LogP contribution in [-0.4, -0.2) is 9.55 Å². The molecule has 1 heterocycles. The number of nitrogen functional groups attached to an aromatic ring is 1. The number of aromatic nitrogens is 2. The second-order valence-corrected chi connectivity index (χ2v) is 5.55. The van der Waals surface area contributed by atoms with Crippen molar-refractivity contribution < 1.29 is 0 Å². The Kier molecular flexibility index (Phi) is 2.55. The van der Waals surface area contributed by atoms with Crippen LogP contribution in [0.5, 0.6) is 0 Å². The van der Waals surface area contributed by atoms with Gasteiger partial charge >= 0.3 is 0 Å². The quantitative estimate of drug-likeness (QED) is 0.783. The second kappa shape index (κ2) is 3.54. The van der Waals surface area contributed by atoms with Crippen LogP contribution < -0.4 is 5.73 Å². The van der Waals surface area contributed by atoms with E-state index in [1.807, 2.05) is 4.57 Å². The van der Waals surface area contributed by atoms with Gasteiger partial charge in [0.1, 0.15) is 0 Å². The summed E-state index contributed by atoms with van der Waals surface area (Å²) >= 11 is 11.9. The molecule has 0 bridgehead atoms. The van der Waals surface area contributed by atoms with Gasteiger partial charge in [0.2, 0.25) is 5.95 Å². The van der Waals surface area contributed by atoms with Crippen molar-refractivity contribution in [3.63, 3.8) is 0 Å². The Morgan fingerprint density at radius 2 is 1.75 bits per heavy atom. The number of hydrogen-bond acceptors (Lipinski definition) is 2. The molecule has 0 aliphatic carbocycles. The molecular formula is C11H13Cl2N3. The molecule has 16 heavy (non-hydrogen) atoms. The zero-order chi connectivity index (χ0) is 12.1. The molecular weight excluding hydrogens is 245 g/mol. The first kappa shape index (κ1) is 11.6. The predicted octanol–water partition coefficient (Wildman–Crippen LogP) is 3.68. The van der Waals surface area contributed by atoms with Gasteiger partial charge in [-0.3, -0.25) is 0 Å². The molecule has 0 aliphatic heterocycles. The highest BCUT2D eigenvalue weighted by atomic mass is 35.5. The van der Waals surface area contributed by atoms with E-state index in [0.29, 0.717) is 16.0 Å². The van der Waals surface area contributed by atoms with Gasteiger partial charge in [-0.25, -0.2) is 4.98 Å². The zero-order valence-electron chi connectivity index (χ0n) is 9.38. The molecule has 3 nitrogen and oxygen atoms in total. The highest BCUT2D eigenvalue weighted by Gasteiger charge is 2.20. The van der Waals surface area contributed by atoms with Crippen molar-refractivity contribution in [1.29, 1.82) is 0 Å². The van der Waals surface area contributed by atoms with Crippen LogP contribution in [0.2, 0.25) is 10.0 Å². The van der Waals surface area contributed by atoms with Gasteiger partial charge in [-0.1, -0.05) is 23.2 Å². The molecule has 0 fully saturated rings. The summed E-state index contributed by atoms with van der Waals surface area (Å²) in [5.41, 5.74) is 7.43. The van der Waals surface area contributed by atoms with Crippen LogP contribution in [0.3, 0.4) is 0 Å². The van der Waals surface area contributed by atoms with Gasteiger partial charge in [-0.05, 0) is 32.9 Å². The van der Waals surface area contributed by atoms with Crippen molar-refractivity contribution >= 4 is 40.2 Å². The van der Waals surface area contributed by atoms with Crippen LogP contribution in [0.1, 0.15) is 20.8 Å². The lowest BCUT2D eigenvalue weighted by atomic mass is 10.1. The monoisotopic (exact) mass is 257 g/mol. The number of hydrogen-bond donors (Lipinski definition) is 1. The largest absolute Gasteiger partial charge is 0.369 e. The molecule has 2 aromatic rings. The van der Waals surface area contributed by atoms with Crippen molar-refractivity contribution in [3.05, 3.63) is 22.2 Å². The molecule has 1 aromatic carbocycles. The summed E-state index contributed by atoms with van der Waals surface area (Å²) in [5, 5.41) is 1.01. The number of anilines is 1. The van der Waals surface area contributed by atoms with Crippen LogP contribution in [0.15, 0.2) is 12.1 Å². The lowest BCUT2D eigenvalue weighted by molar-refractivity contribution is 0.414. The van der Waals surface area contributed by atoms with Gasteiger partial charge < -0.3 is 10.3 Å². The SMILES string of the molecule is CC(C)(C)n1c(N)nc2cc(Cl)c(Cl)cc21. The molecule has 86 valence electrons. The number of imidazole rings is 1. The molecule has 2 rings (SSSR count). The smallest absolute Gasteiger partial charge is 0.201 e. The first-order valence-corrected chi connectivity index (χ1v) is 5.70. The van der Waals surface area contributed by atoms with Crippen LogP contribution in [0, 0.1) is 0 Å². The fourth-order valence-corrected chi connectivity index (χ4v) is 2.11. The molecule has 0 amide bonds. The minimum absolute atomic E-state index is 0.143. The number of rotatable bonds is 0. The van der Waals surface area contributed by atoms with Crippen LogP contribution in [0.25, 0.3) is 11.0 Å². The van der Waals surface area contributed by atoms with Crippen molar-refractivity contribution in [3.8, 4) is 0 Å². The third-order valence-electron chi connectivity index (χ3n) is 2.39. The fraction of sp³-hybridized carbons (Fsp3) is 0.364. The lowest BCUT2D eigenvalue weighted by Crippen LogP contribution is -2.23. The Balaban J connectivity index is 2.84. The first-order valence-electron chi connectivity index (χ1n) is 4.94. The minimum atomic E-state index is -0.143. The van der Waals surface area contributed by atoms with E-state index in [1.54, 1.807) is 12.1 Å². The maximum absolute atomic E-state index is 6.01. The van der Waals surface area contributed by atoms with Crippen LogP contribution in [-0.2, 0) is 5.54 Å². The average Bonchev–Trinajstić information content (AvgIpc) is 2.40. The summed E-state index contributed by atoms with van der Waals surface area (Å²) in [6, 6.07) is 3.53. The lowest BCUT2D eigenvalue weighted by Gasteiger charge is -2.23. The number of nitrogens with two attached hydrogens (primary N) is 1. The predicted molar refractivity (Wildman–Crippen MR) is 69.2 cm³/mol. The first-order chi connectivity index (χ1) is 7.30. The van der Waals surface area contributed by atoms with E-state index in [1.165, 1.54) is 0 Å². The summed E-state index contributed by atoms with van der Waals surface area (Å²) < 4.78 is 1.95. The summed E-state index contributed by atoms with van der Waals surface area (Å²) in [5.74, 6) is 0.473. The van der Waals surface area contributed by atoms with Crippen molar-refractivity contribution in [2.45, 2.75) is 26.3 Å². The van der Waals surface area contributed by atoms with E-state index in [2.05, 4.69) is 25.8 Å². The minimum Gasteiger partial charge on any atom is -0.369 e. The Labute approximate surface area is 104 Å². The molecule has 0 radical (unpaired) electrons. The van der Waals surface area contributed by atoms with Gasteiger partial charge in [0.25, 0.3) is 0 Å². The molecule has 0 saturated carbocycles. The van der Waals surface area contributed by atoms with E-state index >= 15 is 0 Å². The molecule has 0 aliphatic rings. The third kappa shape index (κ3) is 1.74. The Bertz CT molecular complexity index is 552. The van der Waals surface area contributed by atoms with E-state index in [4.69, 9.17) is 28.9 Å². The molecule has 0 spiro atoms. The summed E-state index contributed by atoms with van der Waals surface area (Å²) in [7, 11) is 0. The summed E-state index contributed by atoms with van der Waals surface area (Å²) in [6.07, 6.45) is 0. The molecule has 5 heteroatoms. The van der Waals surface area contributed by atoms with Gasteiger partial charge in [0, 0.05) is 5.54 Å². The third-order valence-corrected chi connectivity index (χ3v) is 3.12. The zero-order valence-corrected chi connectivity index (χ0v) is 10.9. The Morgan fingerprint density at radius 1 is 1.19 bits per heavy atom. The van der Waals surface area contributed by atoms with Gasteiger partial charge in [0.05, 0.1) is 21.1 Å².